The number of hydrogen-bond acceptors (Lipinski definition) is 3. The van der Waals surface area contributed by atoms with Crippen LogP contribution in [0, 0.1) is 5.82 Å². The highest BCUT2D eigenvalue weighted by Gasteiger charge is 2.15. The first-order chi connectivity index (χ1) is 7.79. The minimum absolute atomic E-state index is 0.209. The van der Waals surface area contributed by atoms with Gasteiger partial charge in [0.15, 0.2) is 0 Å². The molecule has 88 valence electrons. The lowest BCUT2D eigenvalue weighted by molar-refractivity contribution is 0.389. The van der Waals surface area contributed by atoms with Crippen LogP contribution < -0.4 is 15.4 Å². The summed E-state index contributed by atoms with van der Waals surface area (Å²) in [7, 11) is 1.61. The second kappa shape index (κ2) is 5.27. The summed E-state index contributed by atoms with van der Waals surface area (Å²) in [6.07, 6.45) is 0.786. The van der Waals surface area contributed by atoms with E-state index in [0.717, 1.165) is 37.4 Å². The van der Waals surface area contributed by atoms with Crippen molar-refractivity contribution in [2.24, 2.45) is 0 Å². The highest BCUT2D eigenvalue weighted by molar-refractivity contribution is 5.34. The van der Waals surface area contributed by atoms with Crippen LogP contribution in [0.5, 0.6) is 5.75 Å². The zero-order valence-electron chi connectivity index (χ0n) is 9.42. The maximum Gasteiger partial charge on any atom is 0.123 e. The third-order valence-corrected chi connectivity index (χ3v) is 2.83. The van der Waals surface area contributed by atoms with Crippen LogP contribution in [0.25, 0.3) is 0 Å². The van der Waals surface area contributed by atoms with Gasteiger partial charge in [0.25, 0.3) is 0 Å². The van der Waals surface area contributed by atoms with E-state index in [1.165, 1.54) is 6.07 Å². The van der Waals surface area contributed by atoms with Crippen LogP contribution in [0.2, 0.25) is 0 Å². The molecule has 2 rings (SSSR count). The Kier molecular flexibility index (Phi) is 3.74. The van der Waals surface area contributed by atoms with E-state index >= 15 is 0 Å². The molecule has 0 saturated carbocycles. The molecular formula is C12H17FN2O. The van der Waals surface area contributed by atoms with E-state index in [1.54, 1.807) is 19.2 Å². The van der Waals surface area contributed by atoms with Crippen LogP contribution in [0.1, 0.15) is 5.56 Å². The fourth-order valence-corrected chi connectivity index (χ4v) is 2.03. The molecule has 1 atom stereocenters. The van der Waals surface area contributed by atoms with Crippen LogP contribution in [-0.4, -0.2) is 32.8 Å². The molecule has 1 saturated heterocycles. The van der Waals surface area contributed by atoms with E-state index < -0.39 is 0 Å². The molecule has 1 fully saturated rings. The average Bonchev–Trinajstić information content (AvgIpc) is 2.31. The van der Waals surface area contributed by atoms with Crippen molar-refractivity contribution in [2.45, 2.75) is 12.5 Å². The monoisotopic (exact) mass is 224 g/mol. The Bertz CT molecular complexity index is 351. The van der Waals surface area contributed by atoms with Crippen molar-refractivity contribution in [3.63, 3.8) is 0 Å². The van der Waals surface area contributed by atoms with E-state index in [0.29, 0.717) is 6.04 Å². The SMILES string of the molecule is COc1ccc(F)cc1CC1CNCCN1. The van der Waals surface area contributed by atoms with Crippen molar-refractivity contribution in [3.05, 3.63) is 29.6 Å². The molecule has 1 aromatic carbocycles. The largest absolute Gasteiger partial charge is 0.496 e. The molecule has 1 aromatic rings. The minimum Gasteiger partial charge on any atom is -0.496 e. The lowest BCUT2D eigenvalue weighted by Gasteiger charge is -2.25. The molecular weight excluding hydrogens is 207 g/mol. The number of nitrogens with one attached hydrogen (secondary N) is 2. The number of methoxy groups -OCH3 is 1. The van der Waals surface area contributed by atoms with Crippen LogP contribution in [0.4, 0.5) is 4.39 Å². The Labute approximate surface area is 95.0 Å². The molecule has 1 unspecified atom stereocenters. The lowest BCUT2D eigenvalue weighted by Crippen LogP contribution is -2.49. The Morgan fingerprint density at radius 2 is 2.31 bits per heavy atom. The van der Waals surface area contributed by atoms with Gasteiger partial charge in [-0.25, -0.2) is 4.39 Å². The van der Waals surface area contributed by atoms with Crippen molar-refractivity contribution in [3.8, 4) is 5.75 Å². The van der Waals surface area contributed by atoms with Gasteiger partial charge in [-0.05, 0) is 30.2 Å². The molecule has 0 bridgehead atoms. The van der Waals surface area contributed by atoms with E-state index in [-0.39, 0.29) is 5.82 Å². The number of rotatable bonds is 3. The number of benzene rings is 1. The van der Waals surface area contributed by atoms with Gasteiger partial charge in [0.1, 0.15) is 11.6 Å². The van der Waals surface area contributed by atoms with E-state index in [2.05, 4.69) is 10.6 Å². The first-order valence-electron chi connectivity index (χ1n) is 5.56. The Balaban J connectivity index is 2.09. The van der Waals surface area contributed by atoms with E-state index in [9.17, 15) is 4.39 Å². The topological polar surface area (TPSA) is 33.3 Å². The summed E-state index contributed by atoms with van der Waals surface area (Å²) in [6.45, 7) is 2.87. The standard InChI is InChI=1S/C12H17FN2O/c1-16-12-3-2-10(13)6-9(12)7-11-8-14-4-5-15-11/h2-3,6,11,14-15H,4-5,7-8H2,1H3. The second-order valence-electron chi connectivity index (χ2n) is 4.02. The van der Waals surface area contributed by atoms with Gasteiger partial charge in [-0.1, -0.05) is 0 Å². The van der Waals surface area contributed by atoms with Gasteiger partial charge in [-0.3, -0.25) is 0 Å². The summed E-state index contributed by atoms with van der Waals surface area (Å²) in [5.41, 5.74) is 0.920. The molecule has 0 aromatic heterocycles. The van der Waals surface area contributed by atoms with Gasteiger partial charge in [0.2, 0.25) is 0 Å². The predicted octanol–water partition coefficient (Wildman–Crippen LogP) is 0.938. The molecule has 0 aliphatic carbocycles. The summed E-state index contributed by atoms with van der Waals surface area (Å²) in [4.78, 5) is 0. The van der Waals surface area contributed by atoms with Crippen LogP contribution in [0.15, 0.2) is 18.2 Å². The molecule has 0 amide bonds. The fraction of sp³-hybridized carbons (Fsp3) is 0.500. The quantitative estimate of drug-likeness (QED) is 0.801. The summed E-state index contributed by atoms with van der Waals surface area (Å²) < 4.78 is 18.4. The van der Waals surface area contributed by atoms with Gasteiger partial charge < -0.3 is 15.4 Å². The third kappa shape index (κ3) is 2.71. The van der Waals surface area contributed by atoms with Crippen LogP contribution in [-0.2, 0) is 6.42 Å². The third-order valence-electron chi connectivity index (χ3n) is 2.83. The molecule has 3 nitrogen and oxygen atoms in total. The average molecular weight is 224 g/mol. The predicted molar refractivity (Wildman–Crippen MR) is 61.3 cm³/mol. The van der Waals surface area contributed by atoms with Crippen molar-refractivity contribution in [2.75, 3.05) is 26.7 Å². The number of piperazine rings is 1. The maximum absolute atomic E-state index is 13.1. The molecule has 1 aliphatic heterocycles. The van der Waals surface area contributed by atoms with E-state index in [1.807, 2.05) is 0 Å². The van der Waals surface area contributed by atoms with Crippen molar-refractivity contribution < 1.29 is 9.13 Å². The molecule has 1 heterocycles. The molecule has 0 radical (unpaired) electrons. The molecule has 2 N–H and O–H groups in total. The Morgan fingerprint density at radius 1 is 1.44 bits per heavy atom. The summed E-state index contributed by atoms with van der Waals surface area (Å²) in [6, 6.07) is 5.01. The van der Waals surface area contributed by atoms with Gasteiger partial charge in [0.05, 0.1) is 7.11 Å². The van der Waals surface area contributed by atoms with Crippen molar-refractivity contribution in [1.82, 2.24) is 10.6 Å². The Morgan fingerprint density at radius 3 is 3.00 bits per heavy atom. The maximum atomic E-state index is 13.1. The van der Waals surface area contributed by atoms with Crippen molar-refractivity contribution in [1.29, 1.82) is 0 Å². The molecule has 1 aliphatic rings. The van der Waals surface area contributed by atoms with Crippen LogP contribution >= 0.6 is 0 Å². The molecule has 0 spiro atoms. The summed E-state index contributed by atoms with van der Waals surface area (Å²) in [5, 5.41) is 6.71. The number of hydrogen-bond donors (Lipinski definition) is 2. The van der Waals surface area contributed by atoms with Gasteiger partial charge in [-0.2, -0.15) is 0 Å². The van der Waals surface area contributed by atoms with Gasteiger partial charge in [0, 0.05) is 25.7 Å². The highest BCUT2D eigenvalue weighted by atomic mass is 19.1. The van der Waals surface area contributed by atoms with Crippen molar-refractivity contribution >= 4 is 0 Å². The van der Waals surface area contributed by atoms with Gasteiger partial charge >= 0.3 is 0 Å². The molecule has 16 heavy (non-hydrogen) atoms. The zero-order chi connectivity index (χ0) is 11.4. The van der Waals surface area contributed by atoms with Gasteiger partial charge in [-0.15, -0.1) is 0 Å². The Hall–Kier alpha value is -1.13. The second-order valence-corrected chi connectivity index (χ2v) is 4.02. The van der Waals surface area contributed by atoms with Crippen LogP contribution in [0.3, 0.4) is 0 Å². The van der Waals surface area contributed by atoms with E-state index in [4.69, 9.17) is 4.74 Å². The molecule has 4 heteroatoms. The first-order valence-corrected chi connectivity index (χ1v) is 5.56. The number of ether oxygens (including phenoxy) is 1. The lowest BCUT2D eigenvalue weighted by atomic mass is 10.0. The minimum atomic E-state index is -0.209. The summed E-state index contributed by atoms with van der Waals surface area (Å²) >= 11 is 0. The number of halogens is 1. The zero-order valence-corrected chi connectivity index (χ0v) is 9.42. The fourth-order valence-electron chi connectivity index (χ4n) is 2.03. The smallest absolute Gasteiger partial charge is 0.123 e. The first kappa shape index (κ1) is 11.4. The summed E-state index contributed by atoms with van der Waals surface area (Å²) in [5.74, 6) is 0.549. The highest BCUT2D eigenvalue weighted by Crippen LogP contribution is 2.20. The normalized spacial score (nSPS) is 20.8.